The van der Waals surface area contributed by atoms with Crippen LogP contribution in [0.25, 0.3) is 0 Å². The largest absolute Gasteiger partial charge is 0.452 e. The molecule has 2 nitrogen and oxygen atoms in total. The van der Waals surface area contributed by atoms with E-state index in [4.69, 9.17) is 39.5 Å². The minimum atomic E-state index is -1.36. The zero-order chi connectivity index (χ0) is 9.78. The highest BCUT2D eigenvalue weighted by molar-refractivity contribution is 14.1. The molecule has 1 atom stereocenters. The van der Waals surface area contributed by atoms with Crippen molar-refractivity contribution in [3.05, 3.63) is 0 Å². The summed E-state index contributed by atoms with van der Waals surface area (Å²) in [5.74, 6) is -0.288. The predicted octanol–water partition coefficient (Wildman–Crippen LogP) is 3.46. The summed E-state index contributed by atoms with van der Waals surface area (Å²) in [6.07, 6.45) is 0.531. The minimum Gasteiger partial charge on any atom is -0.452 e. The molecular formula is C6H8Cl3IO2. The lowest BCUT2D eigenvalue weighted by atomic mass is 10.5. The van der Waals surface area contributed by atoms with Crippen LogP contribution in [0.2, 0.25) is 0 Å². The molecule has 0 spiro atoms. The van der Waals surface area contributed by atoms with Crippen molar-refractivity contribution >= 4 is 63.4 Å². The van der Waals surface area contributed by atoms with Crippen LogP contribution < -0.4 is 0 Å². The fraction of sp³-hybridized carbons (Fsp3) is 0.833. The molecule has 0 bridgehead atoms. The van der Waals surface area contributed by atoms with Crippen molar-refractivity contribution in [3.8, 4) is 0 Å². The Balaban J connectivity index is 3.74. The molecule has 0 aromatic carbocycles. The number of alkyl halides is 4. The van der Waals surface area contributed by atoms with Crippen molar-refractivity contribution in [2.45, 2.75) is 27.7 Å². The Hall–Kier alpha value is 1.07. The van der Waals surface area contributed by atoms with E-state index in [0.29, 0.717) is 6.42 Å². The molecule has 0 amide bonds. The SMILES string of the molecule is CCC(=O)OC(I)CC(Cl)(Cl)Cl. The van der Waals surface area contributed by atoms with Crippen LogP contribution in [-0.4, -0.2) is 13.9 Å². The third-order valence-electron chi connectivity index (χ3n) is 0.940. The van der Waals surface area contributed by atoms with E-state index in [2.05, 4.69) is 0 Å². The Morgan fingerprint density at radius 1 is 1.58 bits per heavy atom. The second-order valence-corrected chi connectivity index (χ2v) is 5.98. The van der Waals surface area contributed by atoms with E-state index in [-0.39, 0.29) is 16.5 Å². The molecule has 12 heavy (non-hydrogen) atoms. The standard InChI is InChI=1S/C6H8Cl3IO2/c1-2-5(11)12-4(10)3-6(7,8)9/h4H,2-3H2,1H3. The van der Waals surface area contributed by atoms with Crippen molar-refractivity contribution in [1.82, 2.24) is 0 Å². The van der Waals surface area contributed by atoms with Crippen LogP contribution in [0.5, 0.6) is 0 Å². The molecule has 72 valence electrons. The van der Waals surface area contributed by atoms with Gasteiger partial charge < -0.3 is 4.74 Å². The van der Waals surface area contributed by atoms with Crippen molar-refractivity contribution in [2.75, 3.05) is 0 Å². The maximum atomic E-state index is 10.8. The lowest BCUT2D eigenvalue weighted by molar-refractivity contribution is -0.144. The number of carbonyl (C=O) groups excluding carboxylic acids is 1. The number of esters is 1. The molecule has 0 saturated carbocycles. The third kappa shape index (κ3) is 7.71. The van der Waals surface area contributed by atoms with E-state index in [1.807, 2.05) is 22.6 Å². The number of hydrogen-bond acceptors (Lipinski definition) is 2. The molecule has 0 radical (unpaired) electrons. The van der Waals surface area contributed by atoms with Gasteiger partial charge in [-0.25, -0.2) is 0 Å². The highest BCUT2D eigenvalue weighted by atomic mass is 127. The molecule has 0 aromatic heterocycles. The average Bonchev–Trinajstić information content (AvgIpc) is 1.82. The summed E-state index contributed by atoms with van der Waals surface area (Å²) in [4.78, 5) is 10.8. The Morgan fingerprint density at radius 2 is 2.08 bits per heavy atom. The summed E-state index contributed by atoms with van der Waals surface area (Å²) in [7, 11) is 0. The second-order valence-electron chi connectivity index (χ2n) is 2.07. The van der Waals surface area contributed by atoms with Crippen LogP contribution in [0.1, 0.15) is 19.8 Å². The van der Waals surface area contributed by atoms with Crippen LogP contribution in [0, 0.1) is 0 Å². The number of hydrogen-bond donors (Lipinski definition) is 0. The Labute approximate surface area is 100 Å². The summed E-state index contributed by atoms with van der Waals surface area (Å²) >= 11 is 18.4. The summed E-state index contributed by atoms with van der Waals surface area (Å²) < 4.78 is 3.12. The maximum absolute atomic E-state index is 10.8. The molecule has 1 unspecified atom stereocenters. The van der Waals surface area contributed by atoms with E-state index in [1.165, 1.54) is 0 Å². The first-order chi connectivity index (χ1) is 5.35. The number of rotatable bonds is 3. The van der Waals surface area contributed by atoms with Gasteiger partial charge in [0, 0.05) is 12.8 Å². The fourth-order valence-electron chi connectivity index (χ4n) is 0.450. The molecule has 0 fully saturated rings. The van der Waals surface area contributed by atoms with Gasteiger partial charge in [-0.2, -0.15) is 0 Å². The van der Waals surface area contributed by atoms with E-state index in [1.54, 1.807) is 6.92 Å². The maximum Gasteiger partial charge on any atom is 0.306 e. The molecule has 0 saturated heterocycles. The summed E-state index contributed by atoms with van der Waals surface area (Å²) in [5, 5.41) is 0. The summed E-state index contributed by atoms with van der Waals surface area (Å²) in [6, 6.07) is 0. The van der Waals surface area contributed by atoms with Gasteiger partial charge in [-0.05, 0) is 22.6 Å². The normalized spacial score (nSPS) is 14.1. The highest BCUT2D eigenvalue weighted by Crippen LogP contribution is 2.33. The number of ether oxygens (including phenoxy) is 1. The molecule has 0 rings (SSSR count). The zero-order valence-electron chi connectivity index (χ0n) is 6.32. The molecular weight excluding hydrogens is 337 g/mol. The number of carbonyl (C=O) groups is 1. The van der Waals surface area contributed by atoms with Gasteiger partial charge in [0.25, 0.3) is 0 Å². The molecule has 0 aliphatic rings. The van der Waals surface area contributed by atoms with Gasteiger partial charge in [-0.15, -0.1) is 0 Å². The Morgan fingerprint density at radius 3 is 2.42 bits per heavy atom. The summed E-state index contributed by atoms with van der Waals surface area (Å²) in [6.45, 7) is 1.71. The quantitative estimate of drug-likeness (QED) is 0.445. The Bertz CT molecular complexity index is 157. The first-order valence-corrected chi connectivity index (χ1v) is 5.63. The highest BCUT2D eigenvalue weighted by Gasteiger charge is 2.25. The lowest BCUT2D eigenvalue weighted by Gasteiger charge is -2.15. The average molecular weight is 345 g/mol. The van der Waals surface area contributed by atoms with Crippen molar-refractivity contribution in [1.29, 1.82) is 0 Å². The van der Waals surface area contributed by atoms with Gasteiger partial charge in [0.05, 0.1) is 0 Å². The monoisotopic (exact) mass is 344 g/mol. The van der Waals surface area contributed by atoms with E-state index in [0.717, 1.165) is 0 Å². The van der Waals surface area contributed by atoms with Crippen LogP contribution >= 0.6 is 57.4 Å². The van der Waals surface area contributed by atoms with Crippen LogP contribution in [-0.2, 0) is 9.53 Å². The minimum absolute atomic E-state index is 0.198. The van der Waals surface area contributed by atoms with Crippen LogP contribution in [0.4, 0.5) is 0 Å². The molecule has 0 aliphatic carbocycles. The Kier molecular flexibility index (Phi) is 6.24. The van der Waals surface area contributed by atoms with Crippen molar-refractivity contribution < 1.29 is 9.53 Å². The zero-order valence-corrected chi connectivity index (χ0v) is 10.7. The van der Waals surface area contributed by atoms with E-state index in [9.17, 15) is 4.79 Å². The smallest absolute Gasteiger partial charge is 0.306 e. The fourth-order valence-corrected chi connectivity index (χ4v) is 2.60. The van der Waals surface area contributed by atoms with E-state index >= 15 is 0 Å². The topological polar surface area (TPSA) is 26.3 Å². The number of halogens is 4. The van der Waals surface area contributed by atoms with Gasteiger partial charge in [0.2, 0.25) is 0 Å². The molecule has 0 aromatic rings. The van der Waals surface area contributed by atoms with Gasteiger partial charge >= 0.3 is 5.97 Å². The first-order valence-electron chi connectivity index (χ1n) is 3.25. The second kappa shape index (κ2) is 5.73. The molecule has 0 aliphatic heterocycles. The lowest BCUT2D eigenvalue weighted by Crippen LogP contribution is -2.17. The molecule has 0 heterocycles. The third-order valence-corrected chi connectivity index (χ3v) is 2.10. The predicted molar refractivity (Wildman–Crippen MR) is 59.1 cm³/mol. The molecule has 0 N–H and O–H groups in total. The van der Waals surface area contributed by atoms with Gasteiger partial charge in [0.1, 0.15) is 0 Å². The van der Waals surface area contributed by atoms with Crippen LogP contribution in [0.15, 0.2) is 0 Å². The van der Waals surface area contributed by atoms with Crippen molar-refractivity contribution in [3.63, 3.8) is 0 Å². The van der Waals surface area contributed by atoms with E-state index < -0.39 is 3.79 Å². The van der Waals surface area contributed by atoms with Crippen molar-refractivity contribution in [2.24, 2.45) is 0 Å². The van der Waals surface area contributed by atoms with Gasteiger partial charge in [-0.3, -0.25) is 4.79 Å². The van der Waals surface area contributed by atoms with Gasteiger partial charge in [-0.1, -0.05) is 41.7 Å². The van der Waals surface area contributed by atoms with Crippen LogP contribution in [0.3, 0.4) is 0 Å². The first kappa shape index (κ1) is 13.1. The summed E-state index contributed by atoms with van der Waals surface area (Å²) in [5.41, 5.74) is 0. The molecule has 6 heteroatoms. The van der Waals surface area contributed by atoms with Gasteiger partial charge in [0.15, 0.2) is 7.90 Å².